The van der Waals surface area contributed by atoms with E-state index in [1.165, 1.54) is 4.90 Å². The molecule has 0 radical (unpaired) electrons. The Balaban J connectivity index is 2.37. The van der Waals surface area contributed by atoms with Crippen LogP contribution in [0.4, 0.5) is 18.0 Å². The average Bonchev–Trinajstić information content (AvgIpc) is 2.24. The molecule has 0 spiro atoms. The number of piperidine rings is 1. The second-order valence-corrected chi connectivity index (χ2v) is 5.90. The first-order chi connectivity index (χ1) is 8.09. The predicted octanol–water partition coefficient (Wildman–Crippen LogP) is 3.02. The highest BCUT2D eigenvalue weighted by Gasteiger charge is 2.32. The van der Waals surface area contributed by atoms with Gasteiger partial charge in [-0.3, -0.25) is 0 Å². The van der Waals surface area contributed by atoms with Gasteiger partial charge in [0.25, 0.3) is 0 Å². The Bertz CT molecular complexity index is 289. The molecule has 1 saturated heterocycles. The molecule has 0 atom stereocenters. The average molecular weight is 266 g/mol. The molecular formula is C12H21F3N2O. The van der Waals surface area contributed by atoms with Crippen molar-refractivity contribution in [3.05, 3.63) is 0 Å². The summed E-state index contributed by atoms with van der Waals surface area (Å²) in [7, 11) is 0. The Kier molecular flexibility index (Phi) is 4.50. The summed E-state index contributed by atoms with van der Waals surface area (Å²) in [4.78, 5) is 13.0. The lowest BCUT2D eigenvalue weighted by atomic mass is 9.75. The van der Waals surface area contributed by atoms with Gasteiger partial charge in [0.15, 0.2) is 0 Å². The van der Waals surface area contributed by atoms with E-state index in [2.05, 4.69) is 20.8 Å². The summed E-state index contributed by atoms with van der Waals surface area (Å²) in [5.41, 5.74) is 0.189. The molecule has 0 aromatic heterocycles. The Morgan fingerprint density at radius 2 is 1.72 bits per heavy atom. The number of alkyl halides is 3. The van der Waals surface area contributed by atoms with Crippen LogP contribution in [-0.2, 0) is 0 Å². The maximum atomic E-state index is 12.0. The van der Waals surface area contributed by atoms with Crippen molar-refractivity contribution in [2.45, 2.75) is 39.8 Å². The number of amides is 2. The van der Waals surface area contributed by atoms with E-state index in [1.807, 2.05) is 5.32 Å². The van der Waals surface area contributed by atoms with Gasteiger partial charge < -0.3 is 10.2 Å². The molecule has 1 heterocycles. The van der Waals surface area contributed by atoms with E-state index in [4.69, 9.17) is 0 Å². The van der Waals surface area contributed by atoms with Gasteiger partial charge >= 0.3 is 12.2 Å². The molecule has 0 unspecified atom stereocenters. The third-order valence-electron chi connectivity index (χ3n) is 3.45. The van der Waals surface area contributed by atoms with E-state index >= 15 is 0 Å². The lowest BCUT2D eigenvalue weighted by molar-refractivity contribution is -0.123. The van der Waals surface area contributed by atoms with Crippen LogP contribution in [0.2, 0.25) is 0 Å². The number of hydrogen-bond acceptors (Lipinski definition) is 1. The summed E-state index contributed by atoms with van der Waals surface area (Å²) in [5.74, 6) is 0.518. The largest absolute Gasteiger partial charge is 0.405 e. The number of urea groups is 1. The molecular weight excluding hydrogens is 245 g/mol. The molecule has 1 aliphatic heterocycles. The minimum atomic E-state index is -4.35. The highest BCUT2D eigenvalue weighted by molar-refractivity contribution is 5.74. The lowest BCUT2D eigenvalue weighted by Gasteiger charge is -2.38. The normalized spacial score (nSPS) is 18.9. The van der Waals surface area contributed by atoms with Crippen LogP contribution in [0, 0.1) is 11.3 Å². The van der Waals surface area contributed by atoms with Crippen LogP contribution >= 0.6 is 0 Å². The van der Waals surface area contributed by atoms with Crippen molar-refractivity contribution in [3.8, 4) is 0 Å². The lowest BCUT2D eigenvalue weighted by Crippen LogP contribution is -2.48. The first-order valence-electron chi connectivity index (χ1n) is 6.19. The van der Waals surface area contributed by atoms with Gasteiger partial charge in [-0.25, -0.2) is 4.79 Å². The maximum absolute atomic E-state index is 12.0. The molecule has 0 saturated carbocycles. The second kappa shape index (κ2) is 5.36. The van der Waals surface area contributed by atoms with Crippen LogP contribution in [-0.4, -0.2) is 36.7 Å². The van der Waals surface area contributed by atoms with Crippen molar-refractivity contribution in [3.63, 3.8) is 0 Å². The predicted molar refractivity (Wildman–Crippen MR) is 63.2 cm³/mol. The Labute approximate surface area is 106 Å². The van der Waals surface area contributed by atoms with E-state index in [-0.39, 0.29) is 5.41 Å². The smallest absolute Gasteiger partial charge is 0.329 e. The van der Waals surface area contributed by atoms with Gasteiger partial charge in [0.1, 0.15) is 6.54 Å². The first kappa shape index (κ1) is 15.1. The minimum Gasteiger partial charge on any atom is -0.329 e. The zero-order chi connectivity index (χ0) is 14.0. The van der Waals surface area contributed by atoms with Gasteiger partial charge in [-0.1, -0.05) is 20.8 Å². The summed E-state index contributed by atoms with van der Waals surface area (Å²) in [5, 5.41) is 1.91. The number of carbonyl (C=O) groups is 1. The Morgan fingerprint density at radius 1 is 1.22 bits per heavy atom. The van der Waals surface area contributed by atoms with E-state index < -0.39 is 18.8 Å². The summed E-state index contributed by atoms with van der Waals surface area (Å²) in [6.45, 7) is 6.26. The Morgan fingerprint density at radius 3 is 2.11 bits per heavy atom. The Hall–Kier alpha value is -0.940. The number of carbonyl (C=O) groups excluding carboxylic acids is 1. The van der Waals surface area contributed by atoms with Crippen LogP contribution < -0.4 is 5.32 Å². The van der Waals surface area contributed by atoms with Crippen molar-refractivity contribution in [2.24, 2.45) is 11.3 Å². The van der Waals surface area contributed by atoms with Crippen LogP contribution in [0.15, 0.2) is 0 Å². The molecule has 1 fully saturated rings. The standard InChI is InChI=1S/C12H21F3N2O/c1-11(2,3)9-4-6-17(7-5-9)10(18)16-8-12(13,14)15/h9H,4-8H2,1-3H3,(H,16,18). The molecule has 0 aromatic carbocycles. The fourth-order valence-corrected chi connectivity index (χ4v) is 2.24. The molecule has 1 N–H and O–H groups in total. The first-order valence-corrected chi connectivity index (χ1v) is 6.19. The summed E-state index contributed by atoms with van der Waals surface area (Å²) < 4.78 is 35.9. The molecule has 0 aliphatic carbocycles. The van der Waals surface area contributed by atoms with Crippen LogP contribution in [0.3, 0.4) is 0 Å². The van der Waals surface area contributed by atoms with E-state index in [0.717, 1.165) is 12.8 Å². The monoisotopic (exact) mass is 266 g/mol. The molecule has 0 aromatic rings. The van der Waals surface area contributed by atoms with Gasteiger partial charge in [0.2, 0.25) is 0 Å². The van der Waals surface area contributed by atoms with Crippen LogP contribution in [0.1, 0.15) is 33.6 Å². The fraction of sp³-hybridized carbons (Fsp3) is 0.917. The zero-order valence-electron chi connectivity index (χ0n) is 11.1. The summed E-state index contributed by atoms with van der Waals surface area (Å²) in [6, 6.07) is -0.611. The van der Waals surface area contributed by atoms with E-state index in [9.17, 15) is 18.0 Å². The fourth-order valence-electron chi connectivity index (χ4n) is 2.24. The van der Waals surface area contributed by atoms with Gasteiger partial charge in [-0.2, -0.15) is 13.2 Å². The molecule has 3 nitrogen and oxygen atoms in total. The van der Waals surface area contributed by atoms with Crippen molar-refractivity contribution < 1.29 is 18.0 Å². The van der Waals surface area contributed by atoms with Crippen LogP contribution in [0.5, 0.6) is 0 Å². The number of nitrogens with one attached hydrogen (secondary N) is 1. The molecule has 1 rings (SSSR count). The number of rotatable bonds is 1. The van der Waals surface area contributed by atoms with Gasteiger partial charge in [0.05, 0.1) is 0 Å². The third kappa shape index (κ3) is 4.74. The zero-order valence-corrected chi connectivity index (χ0v) is 11.1. The van der Waals surface area contributed by atoms with Gasteiger partial charge in [0, 0.05) is 13.1 Å². The van der Waals surface area contributed by atoms with E-state index in [1.54, 1.807) is 0 Å². The summed E-state index contributed by atoms with van der Waals surface area (Å²) >= 11 is 0. The highest BCUT2D eigenvalue weighted by Crippen LogP contribution is 2.34. The molecule has 0 bridgehead atoms. The molecule has 1 aliphatic rings. The van der Waals surface area contributed by atoms with Crippen molar-refractivity contribution >= 4 is 6.03 Å². The van der Waals surface area contributed by atoms with Crippen molar-refractivity contribution in [1.82, 2.24) is 10.2 Å². The van der Waals surface area contributed by atoms with Gasteiger partial charge in [-0.05, 0) is 24.2 Å². The SMILES string of the molecule is CC(C)(C)C1CCN(C(=O)NCC(F)(F)F)CC1. The van der Waals surface area contributed by atoms with Gasteiger partial charge in [-0.15, -0.1) is 0 Å². The third-order valence-corrected chi connectivity index (χ3v) is 3.45. The molecule has 18 heavy (non-hydrogen) atoms. The molecule has 106 valence electrons. The van der Waals surface area contributed by atoms with Crippen molar-refractivity contribution in [2.75, 3.05) is 19.6 Å². The van der Waals surface area contributed by atoms with E-state index in [0.29, 0.717) is 19.0 Å². The second-order valence-electron chi connectivity index (χ2n) is 5.90. The topological polar surface area (TPSA) is 32.3 Å². The number of hydrogen-bond donors (Lipinski definition) is 1. The summed E-state index contributed by atoms with van der Waals surface area (Å²) in [6.07, 6.45) is -2.65. The molecule has 2 amide bonds. The molecule has 6 heteroatoms. The maximum Gasteiger partial charge on any atom is 0.405 e. The number of likely N-dealkylation sites (tertiary alicyclic amines) is 1. The minimum absolute atomic E-state index is 0.189. The number of halogens is 3. The number of nitrogens with zero attached hydrogens (tertiary/aromatic N) is 1. The highest BCUT2D eigenvalue weighted by atomic mass is 19.4. The van der Waals surface area contributed by atoms with Crippen molar-refractivity contribution in [1.29, 1.82) is 0 Å². The van der Waals surface area contributed by atoms with Crippen LogP contribution in [0.25, 0.3) is 0 Å². The quantitative estimate of drug-likeness (QED) is 0.777.